The Balaban J connectivity index is 1.49. The van der Waals surface area contributed by atoms with Crippen molar-refractivity contribution in [3.8, 4) is 11.5 Å². The van der Waals surface area contributed by atoms with Crippen molar-refractivity contribution in [2.45, 2.75) is 31.5 Å². The molecule has 4 rings (SSSR count). The molecule has 2 aromatic carbocycles. The Bertz CT molecular complexity index is 804. The average Bonchev–Trinajstić information content (AvgIpc) is 3.33. The van der Waals surface area contributed by atoms with Crippen molar-refractivity contribution in [3.05, 3.63) is 59.7 Å². The number of urea groups is 1. The van der Waals surface area contributed by atoms with Gasteiger partial charge in [0.1, 0.15) is 18.1 Å². The monoisotopic (exact) mass is 368 g/mol. The summed E-state index contributed by atoms with van der Waals surface area (Å²) in [5, 5.41) is 13.2. The van der Waals surface area contributed by atoms with E-state index in [1.807, 2.05) is 36.4 Å². The molecule has 2 atom stereocenters. The fourth-order valence-electron chi connectivity index (χ4n) is 3.63. The number of benzene rings is 2. The molecule has 27 heavy (non-hydrogen) atoms. The van der Waals surface area contributed by atoms with Crippen LogP contribution in [0.5, 0.6) is 11.5 Å². The lowest BCUT2D eigenvalue weighted by Gasteiger charge is -2.27. The molecule has 0 saturated carbocycles. The van der Waals surface area contributed by atoms with Crippen LogP contribution in [0.15, 0.2) is 48.5 Å². The number of fused-ring (bicyclic) bond motifs is 1. The van der Waals surface area contributed by atoms with Crippen molar-refractivity contribution in [2.75, 3.05) is 19.8 Å². The Morgan fingerprint density at radius 3 is 2.81 bits per heavy atom. The fraction of sp³-hybridized carbons (Fsp3) is 0.381. The summed E-state index contributed by atoms with van der Waals surface area (Å²) in [6.45, 7) is 1.99. The zero-order chi connectivity index (χ0) is 18.6. The zero-order valence-corrected chi connectivity index (χ0v) is 15.1. The van der Waals surface area contributed by atoms with Crippen LogP contribution in [0.25, 0.3) is 0 Å². The molecule has 2 N–H and O–H groups in total. The van der Waals surface area contributed by atoms with Crippen molar-refractivity contribution in [1.82, 2.24) is 10.2 Å². The summed E-state index contributed by atoms with van der Waals surface area (Å²) in [5.74, 6) is 1.01. The number of para-hydroxylation sites is 2. The van der Waals surface area contributed by atoms with Gasteiger partial charge in [0.2, 0.25) is 0 Å². The summed E-state index contributed by atoms with van der Waals surface area (Å²) in [6.07, 6.45) is 1.99. The van der Waals surface area contributed by atoms with Gasteiger partial charge in [0.25, 0.3) is 0 Å². The molecule has 0 radical (unpaired) electrons. The Labute approximate surface area is 158 Å². The molecule has 2 aliphatic rings. The number of hydrogen-bond donors (Lipinski definition) is 2. The van der Waals surface area contributed by atoms with Gasteiger partial charge >= 0.3 is 6.03 Å². The normalized spacial score (nSPS) is 20.7. The minimum absolute atomic E-state index is 0.0359. The number of nitrogens with one attached hydrogen (secondary N) is 1. The van der Waals surface area contributed by atoms with Gasteiger partial charge in [0.05, 0.1) is 18.7 Å². The number of amides is 2. The summed E-state index contributed by atoms with van der Waals surface area (Å²) in [5.41, 5.74) is 1.71. The van der Waals surface area contributed by atoms with E-state index in [0.29, 0.717) is 25.3 Å². The fourth-order valence-corrected chi connectivity index (χ4v) is 3.63. The van der Waals surface area contributed by atoms with Crippen LogP contribution in [0.1, 0.15) is 30.0 Å². The second-order valence-corrected chi connectivity index (χ2v) is 7.00. The third-order valence-electron chi connectivity index (χ3n) is 5.09. The number of ether oxygens (including phenoxy) is 2. The van der Waals surface area contributed by atoms with Gasteiger partial charge in [-0.3, -0.25) is 0 Å². The maximum atomic E-state index is 13.0. The molecule has 1 fully saturated rings. The number of nitrogens with zero attached hydrogens (tertiary/aromatic N) is 1. The molecule has 142 valence electrons. The number of carbonyl (C=O) groups excluding carboxylic acids is 1. The smallest absolute Gasteiger partial charge is 0.318 e. The molecule has 2 amide bonds. The van der Waals surface area contributed by atoms with Crippen LogP contribution in [0.4, 0.5) is 4.79 Å². The maximum Gasteiger partial charge on any atom is 0.318 e. The Morgan fingerprint density at radius 2 is 2.00 bits per heavy atom. The van der Waals surface area contributed by atoms with Crippen molar-refractivity contribution >= 4 is 6.03 Å². The van der Waals surface area contributed by atoms with Crippen LogP contribution < -0.4 is 10.1 Å². The Hall–Kier alpha value is -2.73. The molecule has 0 aliphatic carbocycles. The largest absolute Gasteiger partial charge is 0.508 e. The molecular formula is C21H24N2O4. The Kier molecular flexibility index (Phi) is 5.16. The van der Waals surface area contributed by atoms with Crippen LogP contribution in [0.2, 0.25) is 0 Å². The topological polar surface area (TPSA) is 71.0 Å². The molecule has 1 saturated heterocycles. The first-order valence-corrected chi connectivity index (χ1v) is 9.36. The van der Waals surface area contributed by atoms with Crippen molar-refractivity contribution in [3.63, 3.8) is 0 Å². The van der Waals surface area contributed by atoms with Crippen molar-refractivity contribution in [2.24, 2.45) is 0 Å². The zero-order valence-electron chi connectivity index (χ0n) is 15.1. The van der Waals surface area contributed by atoms with Gasteiger partial charge in [-0.05, 0) is 25.0 Å². The number of hydrogen-bond acceptors (Lipinski definition) is 4. The highest BCUT2D eigenvalue weighted by Gasteiger charge is 2.29. The lowest BCUT2D eigenvalue weighted by molar-refractivity contribution is 0.0785. The van der Waals surface area contributed by atoms with Crippen LogP contribution >= 0.6 is 0 Å². The van der Waals surface area contributed by atoms with Gasteiger partial charge in [-0.25, -0.2) is 4.79 Å². The first-order chi connectivity index (χ1) is 13.2. The van der Waals surface area contributed by atoms with E-state index in [1.54, 1.807) is 17.0 Å². The summed E-state index contributed by atoms with van der Waals surface area (Å²) in [7, 11) is 0. The first-order valence-electron chi connectivity index (χ1n) is 9.36. The number of phenols is 1. The van der Waals surface area contributed by atoms with Crippen LogP contribution in [0, 0.1) is 0 Å². The van der Waals surface area contributed by atoms with Gasteiger partial charge in [-0.1, -0.05) is 36.4 Å². The predicted molar refractivity (Wildman–Crippen MR) is 101 cm³/mol. The van der Waals surface area contributed by atoms with Gasteiger partial charge in [0.15, 0.2) is 0 Å². The second kappa shape index (κ2) is 7.88. The first kappa shape index (κ1) is 17.7. The van der Waals surface area contributed by atoms with E-state index < -0.39 is 0 Å². The highest BCUT2D eigenvalue weighted by molar-refractivity contribution is 5.75. The highest BCUT2D eigenvalue weighted by atomic mass is 16.5. The van der Waals surface area contributed by atoms with Crippen LogP contribution in [-0.4, -0.2) is 41.9 Å². The van der Waals surface area contributed by atoms with Crippen molar-refractivity contribution < 1.29 is 19.4 Å². The lowest BCUT2D eigenvalue weighted by atomic mass is 10.1. The summed E-state index contributed by atoms with van der Waals surface area (Å²) < 4.78 is 11.4. The van der Waals surface area contributed by atoms with E-state index in [-0.39, 0.29) is 23.9 Å². The average molecular weight is 368 g/mol. The van der Waals surface area contributed by atoms with E-state index in [4.69, 9.17) is 9.47 Å². The van der Waals surface area contributed by atoms with Gasteiger partial charge in [0, 0.05) is 24.3 Å². The van der Waals surface area contributed by atoms with Crippen LogP contribution in [0.3, 0.4) is 0 Å². The van der Waals surface area contributed by atoms with Gasteiger partial charge < -0.3 is 24.8 Å². The second-order valence-electron chi connectivity index (χ2n) is 7.00. The standard InChI is InChI=1S/C21H24N2O4/c24-19-9-3-1-6-15(19)12-23(13-16-7-5-11-26-16)21(25)22-18-14-27-20-10-4-2-8-17(18)20/h1-4,6,8-10,16,18,24H,5,7,11-14H2,(H,22,25)/t16-,18-/m1/s1. The summed E-state index contributed by atoms with van der Waals surface area (Å²) in [6, 6.07) is 14.5. The number of carbonyl (C=O) groups is 1. The van der Waals surface area contributed by atoms with Crippen LogP contribution in [-0.2, 0) is 11.3 Å². The molecule has 0 bridgehead atoms. The van der Waals surface area contributed by atoms with E-state index >= 15 is 0 Å². The van der Waals surface area contributed by atoms with E-state index in [2.05, 4.69) is 5.32 Å². The SMILES string of the molecule is O=C(N[C@@H]1COc2ccccc21)N(Cc1ccccc1O)C[C@H]1CCCO1. The maximum absolute atomic E-state index is 13.0. The van der Waals surface area contributed by atoms with Gasteiger partial charge in [-0.15, -0.1) is 0 Å². The minimum Gasteiger partial charge on any atom is -0.508 e. The van der Waals surface area contributed by atoms with E-state index in [0.717, 1.165) is 30.8 Å². The molecule has 2 aliphatic heterocycles. The molecule has 2 heterocycles. The molecular weight excluding hydrogens is 344 g/mol. The molecule has 6 nitrogen and oxygen atoms in total. The third kappa shape index (κ3) is 4.01. The third-order valence-corrected chi connectivity index (χ3v) is 5.09. The quantitative estimate of drug-likeness (QED) is 0.850. The number of phenolic OH excluding ortho intramolecular Hbond substituents is 1. The molecule has 6 heteroatoms. The molecule has 2 aromatic rings. The molecule has 0 aromatic heterocycles. The highest BCUT2D eigenvalue weighted by Crippen LogP contribution is 2.32. The predicted octanol–water partition coefficient (Wildman–Crippen LogP) is 3.22. The van der Waals surface area contributed by atoms with Gasteiger partial charge in [-0.2, -0.15) is 0 Å². The summed E-state index contributed by atoms with van der Waals surface area (Å²) >= 11 is 0. The van der Waals surface area contributed by atoms with Crippen molar-refractivity contribution in [1.29, 1.82) is 0 Å². The summed E-state index contributed by atoms with van der Waals surface area (Å²) in [4.78, 5) is 14.7. The van der Waals surface area contributed by atoms with E-state index in [9.17, 15) is 9.90 Å². The minimum atomic E-state index is -0.181. The molecule has 0 unspecified atom stereocenters. The Morgan fingerprint density at radius 1 is 1.19 bits per heavy atom. The van der Waals surface area contributed by atoms with E-state index in [1.165, 1.54) is 0 Å². The number of aromatic hydroxyl groups is 1. The lowest BCUT2D eigenvalue weighted by Crippen LogP contribution is -2.44. The molecule has 0 spiro atoms. The number of rotatable bonds is 5.